The molecule has 0 aliphatic heterocycles. The largest absolute Gasteiger partial charge is 0.298 e. The number of rotatable bonds is 2. The van der Waals surface area contributed by atoms with E-state index in [-0.39, 0.29) is 0 Å². The number of hydrogen-bond donors (Lipinski definition) is 0. The summed E-state index contributed by atoms with van der Waals surface area (Å²) >= 11 is 0. The van der Waals surface area contributed by atoms with E-state index in [0.29, 0.717) is 5.56 Å². The third-order valence-corrected chi connectivity index (χ3v) is 1.97. The molecule has 0 unspecified atom stereocenters. The maximum absolute atomic E-state index is 10.2. The van der Waals surface area contributed by atoms with Crippen molar-refractivity contribution in [3.05, 3.63) is 78.4 Å². The molecule has 0 N–H and O–H groups in total. The van der Waals surface area contributed by atoms with Crippen molar-refractivity contribution in [1.29, 1.82) is 0 Å². The van der Waals surface area contributed by atoms with Crippen LogP contribution < -0.4 is 0 Å². The number of carbonyl (C=O) groups is 1. The molecule has 0 saturated heterocycles. The van der Waals surface area contributed by atoms with E-state index < -0.39 is 0 Å². The third-order valence-electron chi connectivity index (χ3n) is 1.97. The predicted octanol–water partition coefficient (Wildman–Crippen LogP) is 3.83. The molecule has 0 aromatic heterocycles. The Kier molecular flexibility index (Phi) is 5.35. The van der Waals surface area contributed by atoms with E-state index in [1.165, 1.54) is 0 Å². The first kappa shape index (κ1) is 11.9. The van der Waals surface area contributed by atoms with Gasteiger partial charge in [-0.1, -0.05) is 73.3 Å². The van der Waals surface area contributed by atoms with Crippen LogP contribution in [0.4, 0.5) is 0 Å². The topological polar surface area (TPSA) is 17.1 Å². The van der Waals surface area contributed by atoms with Gasteiger partial charge in [0.25, 0.3) is 0 Å². The molecule has 80 valence electrons. The lowest BCUT2D eigenvalue weighted by atomic mass is 10.1. The van der Waals surface area contributed by atoms with E-state index in [2.05, 4.69) is 6.58 Å². The second-order valence-electron chi connectivity index (χ2n) is 3.14. The quantitative estimate of drug-likeness (QED) is 0.688. The second-order valence-corrected chi connectivity index (χ2v) is 3.14. The van der Waals surface area contributed by atoms with Gasteiger partial charge in [0.05, 0.1) is 0 Å². The molecular formula is C15H14O. The van der Waals surface area contributed by atoms with E-state index in [0.717, 1.165) is 11.8 Å². The van der Waals surface area contributed by atoms with E-state index in [1.807, 2.05) is 48.5 Å². The van der Waals surface area contributed by atoms with Crippen LogP contribution in [0.1, 0.15) is 15.9 Å². The first-order valence-electron chi connectivity index (χ1n) is 5.04. The van der Waals surface area contributed by atoms with Crippen molar-refractivity contribution >= 4 is 12.4 Å². The first-order chi connectivity index (χ1) is 7.86. The number of aldehydes is 1. The Bertz CT molecular complexity index is 361. The molecule has 2 aromatic carbocycles. The molecule has 0 atom stereocenters. The van der Waals surface area contributed by atoms with Crippen molar-refractivity contribution < 1.29 is 4.79 Å². The maximum Gasteiger partial charge on any atom is 0.150 e. The fraction of sp³-hybridized carbons (Fsp3) is 0. The molecule has 0 amide bonds. The Morgan fingerprint density at radius 2 is 1.12 bits per heavy atom. The van der Waals surface area contributed by atoms with Crippen molar-refractivity contribution in [2.24, 2.45) is 0 Å². The number of hydrogen-bond acceptors (Lipinski definition) is 1. The summed E-state index contributed by atoms with van der Waals surface area (Å²) in [6.07, 6.45) is 2.57. The molecular weight excluding hydrogens is 196 g/mol. The van der Waals surface area contributed by atoms with Gasteiger partial charge in [-0.15, -0.1) is 0 Å². The zero-order valence-corrected chi connectivity index (χ0v) is 9.04. The van der Waals surface area contributed by atoms with Gasteiger partial charge >= 0.3 is 0 Å². The minimum Gasteiger partial charge on any atom is -0.298 e. The zero-order chi connectivity index (χ0) is 11.6. The van der Waals surface area contributed by atoms with Gasteiger partial charge in [-0.25, -0.2) is 0 Å². The predicted molar refractivity (Wildman–Crippen MR) is 68.4 cm³/mol. The van der Waals surface area contributed by atoms with E-state index in [9.17, 15) is 4.79 Å². The summed E-state index contributed by atoms with van der Waals surface area (Å²) < 4.78 is 0. The van der Waals surface area contributed by atoms with Gasteiger partial charge in [0.2, 0.25) is 0 Å². The molecule has 2 aromatic rings. The fourth-order valence-electron chi connectivity index (χ4n) is 1.10. The number of benzene rings is 2. The molecule has 0 fully saturated rings. The van der Waals surface area contributed by atoms with Crippen LogP contribution in [0.3, 0.4) is 0 Å². The summed E-state index contributed by atoms with van der Waals surface area (Å²) in [7, 11) is 0. The Balaban J connectivity index is 0.000000181. The van der Waals surface area contributed by atoms with Crippen molar-refractivity contribution in [3.63, 3.8) is 0 Å². The molecule has 0 heterocycles. The SMILES string of the molecule is C=Cc1ccc(C=O)cc1.c1ccccc1. The smallest absolute Gasteiger partial charge is 0.150 e. The van der Waals surface area contributed by atoms with Crippen molar-refractivity contribution in [1.82, 2.24) is 0 Å². The minimum absolute atomic E-state index is 0.700. The average Bonchev–Trinajstić information content (AvgIpc) is 2.41. The summed E-state index contributed by atoms with van der Waals surface area (Å²) in [6.45, 7) is 3.60. The molecule has 1 heteroatoms. The van der Waals surface area contributed by atoms with Crippen LogP contribution in [0.15, 0.2) is 67.2 Å². The van der Waals surface area contributed by atoms with Gasteiger partial charge in [-0.2, -0.15) is 0 Å². The lowest BCUT2D eigenvalue weighted by Crippen LogP contribution is -1.77. The monoisotopic (exact) mass is 210 g/mol. The Morgan fingerprint density at radius 1 is 0.750 bits per heavy atom. The highest BCUT2D eigenvalue weighted by molar-refractivity contribution is 5.75. The molecule has 1 nitrogen and oxygen atoms in total. The van der Waals surface area contributed by atoms with Gasteiger partial charge in [0, 0.05) is 5.56 Å². The van der Waals surface area contributed by atoms with Crippen molar-refractivity contribution in [3.8, 4) is 0 Å². The van der Waals surface area contributed by atoms with E-state index in [1.54, 1.807) is 18.2 Å². The Labute approximate surface area is 96.1 Å². The molecule has 0 spiro atoms. The molecule has 2 rings (SSSR count). The van der Waals surface area contributed by atoms with Crippen LogP contribution in [0.2, 0.25) is 0 Å². The van der Waals surface area contributed by atoms with Gasteiger partial charge in [0.1, 0.15) is 6.29 Å². The molecule has 16 heavy (non-hydrogen) atoms. The summed E-state index contributed by atoms with van der Waals surface area (Å²) in [6, 6.07) is 19.3. The minimum atomic E-state index is 0.700. The van der Waals surface area contributed by atoms with Gasteiger partial charge in [0.15, 0.2) is 0 Å². The standard InChI is InChI=1S/C9H8O.C6H6/c1-2-8-3-5-9(7-10)6-4-8;1-2-4-6-5-3-1/h2-7H,1H2;1-6H. The van der Waals surface area contributed by atoms with E-state index >= 15 is 0 Å². The summed E-state index contributed by atoms with van der Waals surface area (Å²) in [5.41, 5.74) is 1.73. The molecule has 0 radical (unpaired) electrons. The Hall–Kier alpha value is -2.15. The van der Waals surface area contributed by atoms with Crippen LogP contribution in [0.5, 0.6) is 0 Å². The second kappa shape index (κ2) is 7.18. The van der Waals surface area contributed by atoms with Gasteiger partial charge < -0.3 is 0 Å². The summed E-state index contributed by atoms with van der Waals surface area (Å²) in [5, 5.41) is 0. The van der Waals surface area contributed by atoms with Gasteiger partial charge in [-0.3, -0.25) is 4.79 Å². The van der Waals surface area contributed by atoms with Crippen LogP contribution in [-0.2, 0) is 0 Å². The number of carbonyl (C=O) groups excluding carboxylic acids is 1. The fourth-order valence-corrected chi connectivity index (χ4v) is 1.10. The maximum atomic E-state index is 10.2. The molecule has 0 aliphatic carbocycles. The van der Waals surface area contributed by atoms with Crippen LogP contribution in [0.25, 0.3) is 6.08 Å². The summed E-state index contributed by atoms with van der Waals surface area (Å²) in [5.74, 6) is 0. The Morgan fingerprint density at radius 3 is 1.44 bits per heavy atom. The lowest BCUT2D eigenvalue weighted by Gasteiger charge is -1.90. The van der Waals surface area contributed by atoms with E-state index in [4.69, 9.17) is 0 Å². The lowest BCUT2D eigenvalue weighted by molar-refractivity contribution is 0.112. The van der Waals surface area contributed by atoms with Gasteiger partial charge in [-0.05, 0) is 5.56 Å². The molecule has 0 bridgehead atoms. The molecule has 0 saturated carbocycles. The van der Waals surface area contributed by atoms with Crippen LogP contribution in [-0.4, -0.2) is 6.29 Å². The zero-order valence-electron chi connectivity index (χ0n) is 9.04. The highest BCUT2D eigenvalue weighted by atomic mass is 16.1. The van der Waals surface area contributed by atoms with Crippen molar-refractivity contribution in [2.45, 2.75) is 0 Å². The van der Waals surface area contributed by atoms with Crippen molar-refractivity contribution in [2.75, 3.05) is 0 Å². The third kappa shape index (κ3) is 4.38. The highest BCUT2D eigenvalue weighted by Crippen LogP contribution is 2.02. The average molecular weight is 210 g/mol. The normalized spacial score (nSPS) is 8.50. The first-order valence-corrected chi connectivity index (χ1v) is 5.04. The summed E-state index contributed by atoms with van der Waals surface area (Å²) in [4.78, 5) is 10.2. The molecule has 0 aliphatic rings. The highest BCUT2D eigenvalue weighted by Gasteiger charge is 1.86. The van der Waals surface area contributed by atoms with Crippen LogP contribution >= 0.6 is 0 Å². The van der Waals surface area contributed by atoms with Crippen LogP contribution in [0, 0.1) is 0 Å².